The fourth-order valence-corrected chi connectivity index (χ4v) is 1.14. The van der Waals surface area contributed by atoms with Gasteiger partial charge in [-0.15, -0.1) is 0 Å². The van der Waals surface area contributed by atoms with Crippen LogP contribution in [0.1, 0.15) is 0 Å². The SMILES string of the molecule is COCCNC(=O)CNc1ccc(F)c(F)c1. The maximum Gasteiger partial charge on any atom is 0.239 e. The van der Waals surface area contributed by atoms with Gasteiger partial charge in [0, 0.05) is 25.4 Å². The van der Waals surface area contributed by atoms with Gasteiger partial charge in [0.05, 0.1) is 13.2 Å². The third kappa shape index (κ3) is 4.78. The van der Waals surface area contributed by atoms with E-state index in [1.165, 1.54) is 13.2 Å². The van der Waals surface area contributed by atoms with Gasteiger partial charge in [-0.25, -0.2) is 8.78 Å². The summed E-state index contributed by atoms with van der Waals surface area (Å²) in [5.41, 5.74) is 0.353. The van der Waals surface area contributed by atoms with Crippen LogP contribution in [0, 0.1) is 11.6 Å². The number of benzene rings is 1. The predicted octanol–water partition coefficient (Wildman–Crippen LogP) is 1.14. The van der Waals surface area contributed by atoms with E-state index in [4.69, 9.17) is 4.74 Å². The lowest BCUT2D eigenvalue weighted by atomic mass is 10.3. The smallest absolute Gasteiger partial charge is 0.239 e. The molecule has 0 aliphatic carbocycles. The van der Waals surface area contributed by atoms with Crippen molar-refractivity contribution in [3.63, 3.8) is 0 Å². The van der Waals surface area contributed by atoms with Crippen molar-refractivity contribution < 1.29 is 18.3 Å². The molecule has 0 atom stereocenters. The Morgan fingerprint density at radius 3 is 2.76 bits per heavy atom. The van der Waals surface area contributed by atoms with Crippen molar-refractivity contribution in [1.82, 2.24) is 5.32 Å². The Hall–Kier alpha value is -1.69. The number of nitrogens with one attached hydrogen (secondary N) is 2. The average molecular weight is 244 g/mol. The van der Waals surface area contributed by atoms with E-state index in [9.17, 15) is 13.6 Å². The van der Waals surface area contributed by atoms with Crippen LogP contribution in [-0.2, 0) is 9.53 Å². The van der Waals surface area contributed by atoms with Crippen LogP contribution in [-0.4, -0.2) is 32.7 Å². The van der Waals surface area contributed by atoms with Gasteiger partial charge in [-0.1, -0.05) is 0 Å². The van der Waals surface area contributed by atoms with Crippen LogP contribution in [0.25, 0.3) is 0 Å². The number of anilines is 1. The molecule has 1 rings (SSSR count). The van der Waals surface area contributed by atoms with Gasteiger partial charge >= 0.3 is 0 Å². The Labute approximate surface area is 98.0 Å². The van der Waals surface area contributed by atoms with E-state index in [1.54, 1.807) is 0 Å². The summed E-state index contributed by atoms with van der Waals surface area (Å²) in [5.74, 6) is -2.11. The molecule has 0 saturated heterocycles. The molecule has 0 aliphatic heterocycles. The van der Waals surface area contributed by atoms with Gasteiger partial charge in [0.25, 0.3) is 0 Å². The minimum absolute atomic E-state index is 0.00517. The Balaban J connectivity index is 2.34. The second kappa shape index (κ2) is 6.80. The largest absolute Gasteiger partial charge is 0.383 e. The Bertz CT molecular complexity index is 386. The van der Waals surface area contributed by atoms with Crippen LogP contribution in [0.3, 0.4) is 0 Å². The summed E-state index contributed by atoms with van der Waals surface area (Å²) in [6.45, 7) is 0.834. The minimum atomic E-state index is -0.949. The number of halogens is 2. The summed E-state index contributed by atoms with van der Waals surface area (Å²) in [7, 11) is 1.53. The number of carbonyl (C=O) groups is 1. The van der Waals surface area contributed by atoms with Crippen molar-refractivity contribution in [2.45, 2.75) is 0 Å². The molecule has 0 radical (unpaired) electrons. The molecule has 1 amide bonds. The number of methoxy groups -OCH3 is 1. The molecule has 2 N–H and O–H groups in total. The van der Waals surface area contributed by atoms with Crippen LogP contribution >= 0.6 is 0 Å². The summed E-state index contributed by atoms with van der Waals surface area (Å²) in [6, 6.07) is 3.36. The highest BCUT2D eigenvalue weighted by Gasteiger charge is 2.04. The highest BCUT2D eigenvalue weighted by molar-refractivity contribution is 5.80. The second-order valence-corrected chi connectivity index (χ2v) is 3.33. The molecule has 94 valence electrons. The monoisotopic (exact) mass is 244 g/mol. The summed E-state index contributed by atoms with van der Waals surface area (Å²) in [4.78, 5) is 11.2. The van der Waals surface area contributed by atoms with Crippen molar-refractivity contribution in [2.24, 2.45) is 0 Å². The first-order chi connectivity index (χ1) is 8.13. The van der Waals surface area contributed by atoms with Crippen LogP contribution in [0.2, 0.25) is 0 Å². The summed E-state index contributed by atoms with van der Waals surface area (Å²) in [6.07, 6.45) is 0. The first kappa shape index (κ1) is 13.4. The number of rotatable bonds is 6. The number of ether oxygens (including phenoxy) is 1. The lowest BCUT2D eigenvalue weighted by molar-refractivity contribution is -0.119. The fraction of sp³-hybridized carbons (Fsp3) is 0.364. The van der Waals surface area contributed by atoms with Gasteiger partial charge in [0.1, 0.15) is 0 Å². The van der Waals surface area contributed by atoms with Crippen LogP contribution < -0.4 is 10.6 Å². The highest BCUT2D eigenvalue weighted by atomic mass is 19.2. The van der Waals surface area contributed by atoms with Gasteiger partial charge in [0.15, 0.2) is 11.6 Å². The number of hydrogen-bond acceptors (Lipinski definition) is 3. The second-order valence-electron chi connectivity index (χ2n) is 3.33. The minimum Gasteiger partial charge on any atom is -0.383 e. The topological polar surface area (TPSA) is 50.4 Å². The Morgan fingerprint density at radius 2 is 2.12 bits per heavy atom. The molecule has 0 aliphatic rings. The van der Waals surface area contributed by atoms with Gasteiger partial charge in [-0.05, 0) is 12.1 Å². The first-order valence-electron chi connectivity index (χ1n) is 5.08. The summed E-state index contributed by atoms with van der Waals surface area (Å²) < 4.78 is 30.2. The van der Waals surface area contributed by atoms with Crippen molar-refractivity contribution in [2.75, 3.05) is 32.1 Å². The molecule has 0 spiro atoms. The van der Waals surface area contributed by atoms with Gasteiger partial charge in [-0.2, -0.15) is 0 Å². The molecular formula is C11H14F2N2O2. The standard InChI is InChI=1S/C11H14F2N2O2/c1-17-5-4-14-11(16)7-15-8-2-3-9(12)10(13)6-8/h2-3,6,15H,4-5,7H2,1H3,(H,14,16). The molecule has 0 saturated carbocycles. The van der Waals surface area contributed by atoms with Crippen LogP contribution in [0.15, 0.2) is 18.2 Å². The quantitative estimate of drug-likeness (QED) is 0.738. The molecule has 17 heavy (non-hydrogen) atoms. The molecule has 0 bridgehead atoms. The van der Waals surface area contributed by atoms with E-state index in [-0.39, 0.29) is 12.5 Å². The molecule has 1 aromatic carbocycles. The number of amides is 1. The zero-order valence-electron chi connectivity index (χ0n) is 9.43. The van der Waals surface area contributed by atoms with Crippen LogP contribution in [0.5, 0.6) is 0 Å². The van der Waals surface area contributed by atoms with E-state index >= 15 is 0 Å². The Kier molecular flexibility index (Phi) is 5.35. The predicted molar refractivity (Wildman–Crippen MR) is 59.7 cm³/mol. The lowest BCUT2D eigenvalue weighted by Gasteiger charge is -2.07. The molecular weight excluding hydrogens is 230 g/mol. The van der Waals surface area contributed by atoms with Gasteiger partial charge in [0.2, 0.25) is 5.91 Å². The lowest BCUT2D eigenvalue weighted by Crippen LogP contribution is -2.32. The first-order valence-corrected chi connectivity index (χ1v) is 5.08. The third-order valence-corrected chi connectivity index (χ3v) is 2.00. The number of hydrogen-bond donors (Lipinski definition) is 2. The zero-order valence-corrected chi connectivity index (χ0v) is 9.43. The van der Waals surface area contributed by atoms with Crippen LogP contribution in [0.4, 0.5) is 14.5 Å². The number of carbonyl (C=O) groups excluding carboxylic acids is 1. The van der Waals surface area contributed by atoms with E-state index in [0.717, 1.165) is 12.1 Å². The fourth-order valence-electron chi connectivity index (χ4n) is 1.14. The van der Waals surface area contributed by atoms with E-state index in [1.807, 2.05) is 0 Å². The van der Waals surface area contributed by atoms with Crippen molar-refractivity contribution in [3.05, 3.63) is 29.8 Å². The molecule has 6 heteroatoms. The van der Waals surface area contributed by atoms with E-state index in [0.29, 0.717) is 18.8 Å². The van der Waals surface area contributed by atoms with Gasteiger partial charge < -0.3 is 15.4 Å². The normalized spacial score (nSPS) is 10.1. The maximum atomic E-state index is 12.8. The van der Waals surface area contributed by atoms with E-state index in [2.05, 4.69) is 10.6 Å². The molecule has 1 aromatic rings. The summed E-state index contributed by atoms with van der Waals surface area (Å²) in [5, 5.41) is 5.27. The maximum absolute atomic E-state index is 12.8. The third-order valence-electron chi connectivity index (χ3n) is 2.00. The molecule has 4 nitrogen and oxygen atoms in total. The Morgan fingerprint density at radius 1 is 1.35 bits per heavy atom. The molecule has 0 unspecified atom stereocenters. The van der Waals surface area contributed by atoms with Crippen molar-refractivity contribution >= 4 is 11.6 Å². The van der Waals surface area contributed by atoms with Crippen molar-refractivity contribution in [3.8, 4) is 0 Å². The van der Waals surface area contributed by atoms with E-state index < -0.39 is 11.6 Å². The molecule has 0 heterocycles. The molecule has 0 fully saturated rings. The van der Waals surface area contributed by atoms with Crippen molar-refractivity contribution in [1.29, 1.82) is 0 Å². The zero-order chi connectivity index (χ0) is 12.7. The average Bonchev–Trinajstić information content (AvgIpc) is 2.31. The molecule has 0 aromatic heterocycles. The van der Waals surface area contributed by atoms with Gasteiger partial charge in [-0.3, -0.25) is 4.79 Å². The summed E-state index contributed by atoms with van der Waals surface area (Å²) >= 11 is 0. The highest BCUT2D eigenvalue weighted by Crippen LogP contribution is 2.12.